The third-order valence-electron chi connectivity index (χ3n) is 13.1. The molecule has 70 heavy (non-hydrogen) atoms. The maximum atomic E-state index is 14.5. The van der Waals surface area contributed by atoms with Crippen LogP contribution in [0, 0.1) is 17.9 Å². The van der Waals surface area contributed by atoms with Gasteiger partial charge in [-0.3, -0.25) is 9.97 Å². The first-order valence-electron chi connectivity index (χ1n) is 22.5. The smallest absolute Gasteiger partial charge is 0.307 e. The predicted molar refractivity (Wildman–Crippen MR) is 274 cm³/mol. The molecule has 0 aliphatic carbocycles. The molecule has 0 saturated heterocycles. The van der Waals surface area contributed by atoms with Crippen molar-refractivity contribution in [2.75, 3.05) is 0 Å². The molecule has 12 aromatic rings. The molecule has 0 aliphatic rings. The standard InChI is InChI=1S/C61H35F3N6/c1-66-45-31-42(30-44(35-45)61(62,63)64)50-36-58(70-54-23-11-9-19-49(54)52-33-41(25-27-56(52)70)47-21-13-29-68-60(47)39-16-6-3-7-17-39)57(34-43(50)37-65)69-53-22-10-8-18-48(53)51-32-40(24-26-55(51)69)46-20-12-28-67-59(46)38-14-4-2-5-15-38/h2-36H. The van der Waals surface area contributed by atoms with Crippen molar-refractivity contribution in [3.8, 4) is 73.3 Å². The average molecular weight is 909 g/mol. The van der Waals surface area contributed by atoms with Crippen molar-refractivity contribution in [2.24, 2.45) is 0 Å². The third-order valence-corrected chi connectivity index (χ3v) is 13.1. The quantitative estimate of drug-likeness (QED) is 0.150. The molecule has 0 atom stereocenters. The summed E-state index contributed by atoms with van der Waals surface area (Å²) in [5, 5.41) is 14.8. The van der Waals surface area contributed by atoms with E-state index in [0.29, 0.717) is 11.4 Å². The molecule has 6 nitrogen and oxygen atoms in total. The summed E-state index contributed by atoms with van der Waals surface area (Å²) < 4.78 is 47.8. The lowest BCUT2D eigenvalue weighted by Gasteiger charge is -2.20. The van der Waals surface area contributed by atoms with Gasteiger partial charge < -0.3 is 9.13 Å². The van der Waals surface area contributed by atoms with Crippen LogP contribution >= 0.6 is 0 Å². The van der Waals surface area contributed by atoms with Gasteiger partial charge in [-0.2, -0.15) is 18.4 Å². The number of hydrogen-bond donors (Lipinski definition) is 0. The molecular weight excluding hydrogens is 874 g/mol. The molecule has 12 rings (SSSR count). The minimum atomic E-state index is -4.73. The Hall–Kier alpha value is -9.57. The first-order valence-corrected chi connectivity index (χ1v) is 22.5. The number of nitrogens with zero attached hydrogens (tertiary/aromatic N) is 6. The fraction of sp³-hybridized carbons (Fsp3) is 0.0164. The number of alkyl halides is 3. The lowest BCUT2D eigenvalue weighted by atomic mass is 9.95. The van der Waals surface area contributed by atoms with Crippen LogP contribution in [0.4, 0.5) is 18.9 Å². The third kappa shape index (κ3) is 6.96. The van der Waals surface area contributed by atoms with E-state index in [9.17, 15) is 18.4 Å². The molecule has 0 amide bonds. The van der Waals surface area contributed by atoms with Crippen LogP contribution in [0.1, 0.15) is 11.1 Å². The zero-order valence-electron chi connectivity index (χ0n) is 37.0. The molecular formula is C61H35F3N6. The van der Waals surface area contributed by atoms with Gasteiger partial charge in [0.05, 0.1) is 63.0 Å². The first-order chi connectivity index (χ1) is 34.3. The topological polar surface area (TPSA) is 63.8 Å². The van der Waals surface area contributed by atoms with Gasteiger partial charge in [0.2, 0.25) is 0 Å². The highest BCUT2D eigenvalue weighted by atomic mass is 19.4. The number of fused-ring (bicyclic) bond motifs is 6. The molecule has 0 fully saturated rings. The summed E-state index contributed by atoms with van der Waals surface area (Å²) in [5.41, 5.74) is 11.6. The van der Waals surface area contributed by atoms with Crippen molar-refractivity contribution >= 4 is 49.3 Å². The molecule has 0 saturated carbocycles. The number of nitriles is 1. The monoisotopic (exact) mass is 908 g/mol. The van der Waals surface area contributed by atoms with Gasteiger partial charge in [-0.25, -0.2) is 4.85 Å². The highest BCUT2D eigenvalue weighted by molar-refractivity contribution is 6.13. The van der Waals surface area contributed by atoms with Crippen LogP contribution in [0.2, 0.25) is 0 Å². The zero-order chi connectivity index (χ0) is 47.5. The van der Waals surface area contributed by atoms with Crippen molar-refractivity contribution in [1.82, 2.24) is 19.1 Å². The van der Waals surface area contributed by atoms with Gasteiger partial charge in [0.1, 0.15) is 0 Å². The number of benzene rings is 8. The lowest BCUT2D eigenvalue weighted by molar-refractivity contribution is -0.137. The Kier molecular flexibility index (Phi) is 9.94. The Morgan fingerprint density at radius 2 is 0.929 bits per heavy atom. The van der Waals surface area contributed by atoms with E-state index in [2.05, 4.69) is 80.7 Å². The predicted octanol–water partition coefficient (Wildman–Crippen LogP) is 16.4. The van der Waals surface area contributed by atoms with E-state index in [1.165, 1.54) is 6.07 Å². The highest BCUT2D eigenvalue weighted by Crippen LogP contribution is 2.45. The second kappa shape index (κ2) is 16.6. The van der Waals surface area contributed by atoms with E-state index >= 15 is 0 Å². The van der Waals surface area contributed by atoms with Gasteiger partial charge in [0.15, 0.2) is 5.69 Å². The molecule has 0 N–H and O–H groups in total. The second-order valence-electron chi connectivity index (χ2n) is 17.1. The normalized spacial score (nSPS) is 11.6. The van der Waals surface area contributed by atoms with Gasteiger partial charge in [-0.05, 0) is 95.6 Å². The largest absolute Gasteiger partial charge is 0.415 e. The molecule has 4 aromatic heterocycles. The van der Waals surface area contributed by atoms with Gasteiger partial charge in [-0.1, -0.05) is 121 Å². The molecule has 0 aliphatic heterocycles. The molecule has 0 spiro atoms. The fourth-order valence-electron chi connectivity index (χ4n) is 9.99. The molecule has 8 aromatic carbocycles. The maximum absolute atomic E-state index is 14.5. The van der Waals surface area contributed by atoms with E-state index < -0.39 is 11.7 Å². The van der Waals surface area contributed by atoms with E-state index in [0.717, 1.165) is 101 Å². The van der Waals surface area contributed by atoms with Gasteiger partial charge in [0, 0.05) is 67.3 Å². The summed E-state index contributed by atoms with van der Waals surface area (Å²) in [6.07, 6.45) is -1.14. The van der Waals surface area contributed by atoms with Crippen LogP contribution in [0.5, 0.6) is 0 Å². The number of para-hydroxylation sites is 2. The average Bonchev–Trinajstić information content (AvgIpc) is 3.92. The minimum absolute atomic E-state index is 0.107. The summed E-state index contributed by atoms with van der Waals surface area (Å²) >= 11 is 0. The zero-order valence-corrected chi connectivity index (χ0v) is 37.0. The van der Waals surface area contributed by atoms with Gasteiger partial charge in [-0.15, -0.1) is 0 Å². The van der Waals surface area contributed by atoms with E-state index in [1.54, 1.807) is 18.5 Å². The Bertz CT molecular complexity index is 4140. The Labute approximate surface area is 399 Å². The summed E-state index contributed by atoms with van der Waals surface area (Å²) in [5.74, 6) is 0. The van der Waals surface area contributed by atoms with E-state index in [-0.39, 0.29) is 22.4 Å². The molecule has 0 radical (unpaired) electrons. The van der Waals surface area contributed by atoms with Crippen molar-refractivity contribution in [1.29, 1.82) is 5.26 Å². The van der Waals surface area contributed by atoms with Crippen molar-refractivity contribution in [3.63, 3.8) is 0 Å². The van der Waals surface area contributed by atoms with Crippen LogP contribution in [-0.4, -0.2) is 19.1 Å². The van der Waals surface area contributed by atoms with Gasteiger partial charge >= 0.3 is 6.18 Å². The van der Waals surface area contributed by atoms with Gasteiger partial charge in [0.25, 0.3) is 0 Å². The molecule has 330 valence electrons. The Morgan fingerprint density at radius 1 is 0.443 bits per heavy atom. The molecule has 4 heterocycles. The number of pyridine rings is 2. The van der Waals surface area contributed by atoms with E-state index in [1.807, 2.05) is 115 Å². The first kappa shape index (κ1) is 41.8. The summed E-state index contributed by atoms with van der Waals surface area (Å²) in [7, 11) is 0. The maximum Gasteiger partial charge on any atom is 0.415 e. The van der Waals surface area contributed by atoms with Crippen molar-refractivity contribution in [2.45, 2.75) is 6.18 Å². The highest BCUT2D eigenvalue weighted by Gasteiger charge is 2.32. The second-order valence-corrected chi connectivity index (χ2v) is 17.1. The summed E-state index contributed by atoms with van der Waals surface area (Å²) in [6, 6.07) is 66.2. The SMILES string of the molecule is [C-]#[N+]c1cc(-c2cc(-n3c4ccccc4c4cc(-c5cccnc5-c5ccccc5)ccc43)c(-n3c4ccccc4c4cc(-c5cccnc5-c5ccccc5)ccc43)cc2C#N)cc(C(F)(F)F)c1. The van der Waals surface area contributed by atoms with Crippen LogP contribution in [0.3, 0.4) is 0 Å². The Balaban J connectivity index is 1.16. The summed E-state index contributed by atoms with van der Waals surface area (Å²) in [4.78, 5) is 13.1. The van der Waals surface area contributed by atoms with Crippen LogP contribution in [0.15, 0.2) is 213 Å². The number of rotatable bonds is 7. The minimum Gasteiger partial charge on any atom is -0.307 e. The molecule has 0 bridgehead atoms. The summed E-state index contributed by atoms with van der Waals surface area (Å²) in [6.45, 7) is 7.77. The Morgan fingerprint density at radius 3 is 1.43 bits per heavy atom. The van der Waals surface area contributed by atoms with Crippen molar-refractivity contribution < 1.29 is 13.2 Å². The molecule has 9 heteroatoms. The number of hydrogen-bond acceptors (Lipinski definition) is 3. The number of halogens is 3. The number of aromatic nitrogens is 4. The van der Waals surface area contributed by atoms with Crippen molar-refractivity contribution in [3.05, 3.63) is 235 Å². The fourth-order valence-corrected chi connectivity index (χ4v) is 9.99. The van der Waals surface area contributed by atoms with Crippen LogP contribution in [0.25, 0.3) is 116 Å². The lowest BCUT2D eigenvalue weighted by Crippen LogP contribution is -2.07. The molecule has 0 unspecified atom stereocenters. The van der Waals surface area contributed by atoms with Crippen LogP contribution < -0.4 is 0 Å². The van der Waals surface area contributed by atoms with Crippen LogP contribution in [-0.2, 0) is 6.18 Å². The van der Waals surface area contributed by atoms with E-state index in [4.69, 9.17) is 16.5 Å².